The molecule has 0 bridgehead atoms. The molecule has 0 aromatic rings. The third-order valence-corrected chi connectivity index (χ3v) is 1.55. The van der Waals surface area contributed by atoms with Crippen molar-refractivity contribution in [1.29, 1.82) is 0 Å². The Balaban J connectivity index is 2.25. The standard InChI is InChI=1S/C7H13N2O/c1-2-4-7(10)9-6-3-5-8-9/h2-6H2,1H3. The van der Waals surface area contributed by atoms with Crippen LogP contribution in [0.4, 0.5) is 0 Å². The van der Waals surface area contributed by atoms with Crippen molar-refractivity contribution in [2.45, 2.75) is 26.2 Å². The fourth-order valence-corrected chi connectivity index (χ4v) is 1.03. The Morgan fingerprint density at radius 2 is 2.50 bits per heavy atom. The van der Waals surface area contributed by atoms with E-state index in [1.165, 1.54) is 0 Å². The summed E-state index contributed by atoms with van der Waals surface area (Å²) in [5.74, 6) is 0.181. The minimum atomic E-state index is 0.181. The third kappa shape index (κ3) is 1.70. The van der Waals surface area contributed by atoms with Crippen molar-refractivity contribution in [1.82, 2.24) is 10.4 Å². The van der Waals surface area contributed by atoms with E-state index in [0.29, 0.717) is 6.42 Å². The molecule has 1 saturated heterocycles. The zero-order chi connectivity index (χ0) is 7.40. The van der Waals surface area contributed by atoms with Crippen LogP contribution in [0.2, 0.25) is 0 Å². The van der Waals surface area contributed by atoms with Crippen LogP contribution in [-0.4, -0.2) is 24.0 Å². The summed E-state index contributed by atoms with van der Waals surface area (Å²) in [4.78, 5) is 11.1. The maximum atomic E-state index is 11.1. The molecular formula is C7H13N2O. The van der Waals surface area contributed by atoms with Gasteiger partial charge >= 0.3 is 0 Å². The first kappa shape index (κ1) is 7.54. The van der Waals surface area contributed by atoms with Gasteiger partial charge in [0.1, 0.15) is 0 Å². The molecule has 1 heterocycles. The molecule has 1 radical (unpaired) electrons. The maximum Gasteiger partial charge on any atom is 0.237 e. The van der Waals surface area contributed by atoms with E-state index in [2.05, 4.69) is 5.43 Å². The average Bonchev–Trinajstić information content (AvgIpc) is 2.38. The molecule has 0 aromatic heterocycles. The highest BCUT2D eigenvalue weighted by Crippen LogP contribution is 2.02. The van der Waals surface area contributed by atoms with Gasteiger partial charge in [-0.15, -0.1) is 5.43 Å². The molecule has 1 aliphatic heterocycles. The Kier molecular flexibility index (Phi) is 2.68. The van der Waals surface area contributed by atoms with Gasteiger partial charge in [-0.25, -0.2) is 0 Å². The fourth-order valence-electron chi connectivity index (χ4n) is 1.03. The van der Waals surface area contributed by atoms with Crippen LogP contribution in [0, 0.1) is 0 Å². The number of hydrogen-bond acceptors (Lipinski definition) is 1. The summed E-state index contributed by atoms with van der Waals surface area (Å²) in [6.07, 6.45) is 2.60. The molecule has 1 fully saturated rings. The van der Waals surface area contributed by atoms with E-state index in [4.69, 9.17) is 0 Å². The monoisotopic (exact) mass is 141 g/mol. The van der Waals surface area contributed by atoms with Crippen LogP contribution in [0.25, 0.3) is 0 Å². The zero-order valence-corrected chi connectivity index (χ0v) is 6.34. The van der Waals surface area contributed by atoms with Crippen LogP contribution in [0.3, 0.4) is 0 Å². The minimum Gasteiger partial charge on any atom is -0.273 e. The van der Waals surface area contributed by atoms with Crippen molar-refractivity contribution in [2.75, 3.05) is 13.1 Å². The molecule has 57 valence electrons. The second kappa shape index (κ2) is 3.56. The van der Waals surface area contributed by atoms with Gasteiger partial charge in [0, 0.05) is 19.5 Å². The summed E-state index contributed by atoms with van der Waals surface area (Å²) >= 11 is 0. The number of hydrogen-bond donors (Lipinski definition) is 0. The lowest BCUT2D eigenvalue weighted by atomic mass is 10.3. The van der Waals surface area contributed by atoms with Crippen LogP contribution >= 0.6 is 0 Å². The largest absolute Gasteiger partial charge is 0.273 e. The van der Waals surface area contributed by atoms with Crippen molar-refractivity contribution >= 4 is 5.91 Å². The van der Waals surface area contributed by atoms with Crippen molar-refractivity contribution in [3.05, 3.63) is 0 Å². The van der Waals surface area contributed by atoms with E-state index < -0.39 is 0 Å². The van der Waals surface area contributed by atoms with Crippen molar-refractivity contribution in [3.8, 4) is 0 Å². The van der Waals surface area contributed by atoms with Crippen LogP contribution in [0.15, 0.2) is 0 Å². The Morgan fingerprint density at radius 1 is 1.70 bits per heavy atom. The van der Waals surface area contributed by atoms with Gasteiger partial charge in [0.25, 0.3) is 0 Å². The van der Waals surface area contributed by atoms with Crippen molar-refractivity contribution in [3.63, 3.8) is 0 Å². The van der Waals surface area contributed by atoms with Crippen LogP contribution in [0.5, 0.6) is 0 Å². The quantitative estimate of drug-likeness (QED) is 0.552. The molecule has 0 unspecified atom stereocenters. The molecule has 0 aliphatic carbocycles. The first-order valence-corrected chi connectivity index (χ1v) is 3.82. The molecule has 3 nitrogen and oxygen atoms in total. The van der Waals surface area contributed by atoms with Gasteiger partial charge in [-0.1, -0.05) is 6.92 Å². The lowest BCUT2D eigenvalue weighted by Crippen LogP contribution is -2.31. The molecule has 1 rings (SSSR count). The normalized spacial score (nSPS) is 17.9. The smallest absolute Gasteiger partial charge is 0.237 e. The van der Waals surface area contributed by atoms with Gasteiger partial charge in [-0.2, -0.15) is 0 Å². The predicted octanol–water partition coefficient (Wildman–Crippen LogP) is 0.538. The summed E-state index contributed by atoms with van der Waals surface area (Å²) in [7, 11) is 0. The highest BCUT2D eigenvalue weighted by Gasteiger charge is 2.17. The predicted molar refractivity (Wildman–Crippen MR) is 38.2 cm³/mol. The molecule has 0 spiro atoms. The number of carbonyl (C=O) groups is 1. The second-order valence-electron chi connectivity index (χ2n) is 2.49. The van der Waals surface area contributed by atoms with Gasteiger partial charge in [0.15, 0.2) is 0 Å². The Labute approximate surface area is 61.4 Å². The average molecular weight is 141 g/mol. The minimum absolute atomic E-state index is 0.181. The highest BCUT2D eigenvalue weighted by atomic mass is 16.2. The molecule has 3 heteroatoms. The van der Waals surface area contributed by atoms with E-state index in [-0.39, 0.29) is 5.91 Å². The SMILES string of the molecule is CCCC(=O)N1CCC[N]1. The fraction of sp³-hybridized carbons (Fsp3) is 0.857. The van der Waals surface area contributed by atoms with Crippen LogP contribution in [0.1, 0.15) is 26.2 Å². The number of rotatable bonds is 2. The molecule has 1 amide bonds. The van der Waals surface area contributed by atoms with Crippen LogP contribution < -0.4 is 5.43 Å². The highest BCUT2D eigenvalue weighted by molar-refractivity contribution is 5.75. The van der Waals surface area contributed by atoms with E-state index in [9.17, 15) is 4.79 Å². The van der Waals surface area contributed by atoms with E-state index >= 15 is 0 Å². The molecule has 10 heavy (non-hydrogen) atoms. The molecule has 0 aromatic carbocycles. The Morgan fingerprint density at radius 3 is 3.00 bits per heavy atom. The van der Waals surface area contributed by atoms with Gasteiger partial charge in [-0.05, 0) is 12.8 Å². The van der Waals surface area contributed by atoms with E-state index in [1.54, 1.807) is 5.01 Å². The number of carbonyl (C=O) groups excluding carboxylic acids is 1. The van der Waals surface area contributed by atoms with Gasteiger partial charge in [0.2, 0.25) is 5.91 Å². The maximum absolute atomic E-state index is 11.1. The lowest BCUT2D eigenvalue weighted by Gasteiger charge is -2.11. The molecule has 1 aliphatic rings. The first-order valence-electron chi connectivity index (χ1n) is 3.82. The molecular weight excluding hydrogens is 128 g/mol. The van der Waals surface area contributed by atoms with E-state index in [0.717, 1.165) is 25.9 Å². The third-order valence-electron chi connectivity index (χ3n) is 1.55. The van der Waals surface area contributed by atoms with Crippen molar-refractivity contribution in [2.24, 2.45) is 0 Å². The Bertz CT molecular complexity index is 119. The van der Waals surface area contributed by atoms with E-state index in [1.807, 2.05) is 6.92 Å². The van der Waals surface area contributed by atoms with Gasteiger partial charge < -0.3 is 0 Å². The molecule has 0 atom stereocenters. The Hall–Kier alpha value is -0.570. The molecule has 0 N–H and O–H groups in total. The second-order valence-corrected chi connectivity index (χ2v) is 2.49. The zero-order valence-electron chi connectivity index (χ0n) is 6.34. The number of amides is 1. The number of nitrogens with zero attached hydrogens (tertiary/aromatic N) is 2. The summed E-state index contributed by atoms with van der Waals surface area (Å²) in [5.41, 5.74) is 4.04. The topological polar surface area (TPSA) is 34.4 Å². The summed E-state index contributed by atoms with van der Waals surface area (Å²) in [5, 5.41) is 1.60. The summed E-state index contributed by atoms with van der Waals surface area (Å²) < 4.78 is 0. The van der Waals surface area contributed by atoms with Crippen LogP contribution in [-0.2, 0) is 4.79 Å². The van der Waals surface area contributed by atoms with Crippen molar-refractivity contribution < 1.29 is 4.79 Å². The molecule has 0 saturated carbocycles. The van der Waals surface area contributed by atoms with Gasteiger partial charge in [-0.3, -0.25) is 9.80 Å². The lowest BCUT2D eigenvalue weighted by molar-refractivity contribution is -0.132. The first-order chi connectivity index (χ1) is 4.84. The summed E-state index contributed by atoms with van der Waals surface area (Å²) in [6, 6.07) is 0. The van der Waals surface area contributed by atoms with Gasteiger partial charge in [0.05, 0.1) is 0 Å². The summed E-state index contributed by atoms with van der Waals surface area (Å²) in [6.45, 7) is 3.67.